The Morgan fingerprint density at radius 2 is 1.48 bits per heavy atom. The topological polar surface area (TPSA) is 42.0 Å². The Bertz CT molecular complexity index is 1360. The molecule has 1 heterocycles. The van der Waals surface area contributed by atoms with Gasteiger partial charge in [0.25, 0.3) is 5.91 Å². The molecule has 1 amide bonds. The van der Waals surface area contributed by atoms with Gasteiger partial charge in [-0.05, 0) is 41.5 Å². The maximum Gasteiger partial charge on any atom is 0.257 e. The molecule has 33 heavy (non-hydrogen) atoms. The van der Waals surface area contributed by atoms with Crippen molar-refractivity contribution in [1.82, 2.24) is 4.98 Å². The number of halogens is 1. The number of amides is 1. The largest absolute Gasteiger partial charge is 0.322 e. The van der Waals surface area contributed by atoms with Crippen molar-refractivity contribution in [2.75, 3.05) is 5.32 Å². The zero-order valence-corrected chi connectivity index (χ0v) is 19.8. The molecule has 0 bridgehead atoms. The number of rotatable bonds is 6. The summed E-state index contributed by atoms with van der Waals surface area (Å²) in [5, 5.41) is 3.52. The predicted molar refractivity (Wildman–Crippen MR) is 140 cm³/mol. The normalized spacial score (nSPS) is 11.1. The fourth-order valence-corrected chi connectivity index (χ4v) is 6.21. The Morgan fingerprint density at radius 1 is 0.848 bits per heavy atom. The van der Waals surface area contributed by atoms with Gasteiger partial charge in [-0.1, -0.05) is 96.2 Å². The van der Waals surface area contributed by atoms with Crippen molar-refractivity contribution >= 4 is 56.5 Å². The maximum absolute atomic E-state index is 12.6. The number of nitrogens with zero attached hydrogens (tertiary/aromatic N) is 1. The number of thiazole rings is 1. The molecule has 0 saturated heterocycles. The number of carbonyl (C=O) groups is 1. The Labute approximate surface area is 205 Å². The third-order valence-corrected chi connectivity index (χ3v) is 7.92. The first-order valence-corrected chi connectivity index (χ1v) is 12.5. The van der Waals surface area contributed by atoms with Gasteiger partial charge in [0.15, 0.2) is 4.34 Å². The molecule has 5 aromatic rings. The van der Waals surface area contributed by atoms with E-state index in [1.807, 2.05) is 30.3 Å². The van der Waals surface area contributed by atoms with Gasteiger partial charge in [-0.25, -0.2) is 4.98 Å². The van der Waals surface area contributed by atoms with Gasteiger partial charge in [-0.15, -0.1) is 11.3 Å². The number of carbonyl (C=O) groups excluding carboxylic acids is 1. The SMILES string of the molecule is O=C(Nc1ccc2nc(SC(c3ccccc3)c3ccccc3)sc2c1)c1ccccc1Cl. The first-order valence-electron chi connectivity index (χ1n) is 10.4. The summed E-state index contributed by atoms with van der Waals surface area (Å²) in [6.07, 6.45) is 0. The zero-order chi connectivity index (χ0) is 22.6. The summed E-state index contributed by atoms with van der Waals surface area (Å²) >= 11 is 9.53. The van der Waals surface area contributed by atoms with Crippen LogP contribution in [0.1, 0.15) is 26.7 Å². The van der Waals surface area contributed by atoms with Gasteiger partial charge >= 0.3 is 0 Å². The number of fused-ring (bicyclic) bond motifs is 1. The third kappa shape index (κ3) is 4.96. The van der Waals surface area contributed by atoms with E-state index in [1.165, 1.54) is 11.1 Å². The van der Waals surface area contributed by atoms with Gasteiger partial charge in [0.2, 0.25) is 0 Å². The van der Waals surface area contributed by atoms with Crippen molar-refractivity contribution < 1.29 is 4.79 Å². The van der Waals surface area contributed by atoms with Crippen molar-refractivity contribution in [3.63, 3.8) is 0 Å². The quantitative estimate of drug-likeness (QED) is 0.246. The minimum atomic E-state index is -0.229. The minimum absolute atomic E-state index is 0.146. The van der Waals surface area contributed by atoms with Gasteiger partial charge in [-0.3, -0.25) is 4.79 Å². The molecule has 0 aliphatic carbocycles. The van der Waals surface area contributed by atoms with E-state index in [-0.39, 0.29) is 11.2 Å². The summed E-state index contributed by atoms with van der Waals surface area (Å²) in [6, 6.07) is 33.8. The van der Waals surface area contributed by atoms with Crippen LogP contribution in [0.4, 0.5) is 5.69 Å². The second kappa shape index (κ2) is 9.79. The van der Waals surface area contributed by atoms with Crippen LogP contribution >= 0.6 is 34.7 Å². The van der Waals surface area contributed by atoms with Crippen LogP contribution in [-0.2, 0) is 0 Å². The van der Waals surface area contributed by atoms with Crippen LogP contribution < -0.4 is 5.32 Å². The van der Waals surface area contributed by atoms with Crippen molar-refractivity contribution in [1.29, 1.82) is 0 Å². The molecule has 0 saturated carbocycles. The minimum Gasteiger partial charge on any atom is -0.322 e. The molecule has 0 unspecified atom stereocenters. The second-order valence-corrected chi connectivity index (χ2v) is 10.2. The van der Waals surface area contributed by atoms with E-state index in [1.54, 1.807) is 47.4 Å². The monoisotopic (exact) mass is 486 g/mol. The lowest BCUT2D eigenvalue weighted by molar-refractivity contribution is 0.102. The van der Waals surface area contributed by atoms with Gasteiger partial charge in [-0.2, -0.15) is 0 Å². The standard InChI is InChI=1S/C27H19ClN2OS2/c28-22-14-8-7-13-21(22)26(31)29-20-15-16-23-24(17-20)32-27(30-23)33-25(18-9-3-1-4-10-18)19-11-5-2-6-12-19/h1-17,25H,(H,29,31). The molecule has 0 fully saturated rings. The lowest BCUT2D eigenvalue weighted by Crippen LogP contribution is -2.12. The average Bonchev–Trinajstić information content (AvgIpc) is 3.26. The van der Waals surface area contributed by atoms with Crippen LogP contribution in [0.5, 0.6) is 0 Å². The van der Waals surface area contributed by atoms with Crippen LogP contribution in [0.25, 0.3) is 10.2 Å². The fourth-order valence-electron chi connectivity index (χ4n) is 3.56. The van der Waals surface area contributed by atoms with E-state index in [4.69, 9.17) is 16.6 Å². The molecule has 1 N–H and O–H groups in total. The molecular formula is C27H19ClN2OS2. The first-order chi connectivity index (χ1) is 16.2. The van der Waals surface area contributed by atoms with Crippen molar-refractivity contribution in [3.8, 4) is 0 Å². The number of nitrogens with one attached hydrogen (secondary N) is 1. The molecule has 0 aliphatic rings. The van der Waals surface area contributed by atoms with Gasteiger partial charge in [0.05, 0.1) is 26.1 Å². The highest BCUT2D eigenvalue weighted by Gasteiger charge is 2.18. The summed E-state index contributed by atoms with van der Waals surface area (Å²) in [7, 11) is 0. The van der Waals surface area contributed by atoms with E-state index in [0.717, 1.165) is 20.2 Å². The second-order valence-electron chi connectivity index (χ2n) is 7.42. The number of benzene rings is 4. The molecule has 1 aromatic heterocycles. The third-order valence-electron chi connectivity index (χ3n) is 5.17. The predicted octanol–water partition coefficient (Wildman–Crippen LogP) is 8.08. The Kier molecular flexibility index (Phi) is 6.44. The summed E-state index contributed by atoms with van der Waals surface area (Å²) in [5.41, 5.74) is 4.56. The van der Waals surface area contributed by atoms with Crippen LogP contribution in [0.15, 0.2) is 107 Å². The highest BCUT2D eigenvalue weighted by molar-refractivity contribution is 8.01. The molecule has 6 heteroatoms. The first kappa shape index (κ1) is 21.7. The van der Waals surface area contributed by atoms with E-state index in [2.05, 4.69) is 53.8 Å². The molecule has 0 spiro atoms. The van der Waals surface area contributed by atoms with Gasteiger partial charge in [0, 0.05) is 5.69 Å². The summed E-state index contributed by atoms with van der Waals surface area (Å²) < 4.78 is 2.01. The van der Waals surface area contributed by atoms with E-state index in [0.29, 0.717) is 10.6 Å². The number of thioether (sulfide) groups is 1. The van der Waals surface area contributed by atoms with Crippen molar-refractivity contribution in [3.05, 3.63) is 125 Å². The Balaban J connectivity index is 1.41. The van der Waals surface area contributed by atoms with Crippen LogP contribution in [0, 0.1) is 0 Å². The molecule has 0 radical (unpaired) electrons. The van der Waals surface area contributed by atoms with Crippen molar-refractivity contribution in [2.24, 2.45) is 0 Å². The Morgan fingerprint density at radius 3 is 2.15 bits per heavy atom. The van der Waals surface area contributed by atoms with E-state index < -0.39 is 0 Å². The highest BCUT2D eigenvalue weighted by atomic mass is 35.5. The molecule has 5 rings (SSSR count). The van der Waals surface area contributed by atoms with Gasteiger partial charge < -0.3 is 5.32 Å². The lowest BCUT2D eigenvalue weighted by atomic mass is 10.0. The maximum atomic E-state index is 12.6. The van der Waals surface area contributed by atoms with E-state index in [9.17, 15) is 4.79 Å². The van der Waals surface area contributed by atoms with Crippen LogP contribution in [0.2, 0.25) is 5.02 Å². The molecule has 162 valence electrons. The molecule has 0 aliphatic heterocycles. The average molecular weight is 487 g/mol. The number of aromatic nitrogens is 1. The number of anilines is 1. The Hall–Kier alpha value is -3.12. The smallest absolute Gasteiger partial charge is 0.257 e. The molecule has 0 atom stereocenters. The number of hydrogen-bond acceptors (Lipinski definition) is 4. The van der Waals surface area contributed by atoms with Crippen molar-refractivity contribution in [2.45, 2.75) is 9.59 Å². The molecular weight excluding hydrogens is 468 g/mol. The highest BCUT2D eigenvalue weighted by Crippen LogP contribution is 2.43. The van der Waals surface area contributed by atoms with E-state index >= 15 is 0 Å². The summed E-state index contributed by atoms with van der Waals surface area (Å²) in [6.45, 7) is 0. The van der Waals surface area contributed by atoms with Crippen LogP contribution in [0.3, 0.4) is 0 Å². The van der Waals surface area contributed by atoms with Crippen LogP contribution in [-0.4, -0.2) is 10.9 Å². The number of hydrogen-bond donors (Lipinski definition) is 1. The van der Waals surface area contributed by atoms with Gasteiger partial charge in [0.1, 0.15) is 0 Å². The fraction of sp³-hybridized carbons (Fsp3) is 0.0370. The lowest BCUT2D eigenvalue weighted by Gasteiger charge is -2.16. The molecule has 3 nitrogen and oxygen atoms in total. The molecule has 4 aromatic carbocycles. The summed E-state index contributed by atoms with van der Waals surface area (Å²) in [4.78, 5) is 17.5. The summed E-state index contributed by atoms with van der Waals surface area (Å²) in [5.74, 6) is -0.229. The zero-order valence-electron chi connectivity index (χ0n) is 17.4.